The minimum atomic E-state index is -1.09. The molecule has 222 valence electrons. The molecular formula is C33H38N2O7. The minimum absolute atomic E-state index is 0.295. The fourth-order valence-corrected chi connectivity index (χ4v) is 4.16. The molecule has 0 unspecified atom stereocenters. The van der Waals surface area contributed by atoms with Gasteiger partial charge in [-0.1, -0.05) is 12.1 Å². The summed E-state index contributed by atoms with van der Waals surface area (Å²) in [6, 6.07) is 18.5. The Morgan fingerprint density at radius 1 is 0.905 bits per heavy atom. The van der Waals surface area contributed by atoms with Gasteiger partial charge in [0, 0.05) is 18.2 Å². The molecule has 0 N–H and O–H groups in total. The van der Waals surface area contributed by atoms with Crippen LogP contribution in [0.1, 0.15) is 53.0 Å². The lowest BCUT2D eigenvalue weighted by Gasteiger charge is -2.24. The maximum atomic E-state index is 12.6. The highest BCUT2D eigenvalue weighted by Crippen LogP contribution is 2.28. The van der Waals surface area contributed by atoms with E-state index in [0.29, 0.717) is 37.0 Å². The molecule has 2 heterocycles. The molecule has 42 heavy (non-hydrogen) atoms. The van der Waals surface area contributed by atoms with Gasteiger partial charge in [0.1, 0.15) is 22.9 Å². The van der Waals surface area contributed by atoms with E-state index in [9.17, 15) is 9.59 Å². The lowest BCUT2D eigenvalue weighted by Crippen LogP contribution is -2.39. The second kappa shape index (κ2) is 12.5. The van der Waals surface area contributed by atoms with Crippen LogP contribution in [0, 0.1) is 6.92 Å². The molecule has 0 aliphatic rings. The average Bonchev–Trinajstić information content (AvgIpc) is 3.56. The summed E-state index contributed by atoms with van der Waals surface area (Å²) in [5.74, 6) is 2.03. The van der Waals surface area contributed by atoms with Gasteiger partial charge in [-0.05, 0) is 103 Å². The van der Waals surface area contributed by atoms with E-state index in [4.69, 9.17) is 23.4 Å². The van der Waals surface area contributed by atoms with Gasteiger partial charge in [-0.15, -0.1) is 0 Å². The number of aromatic nitrogens is 2. The maximum Gasteiger partial charge on any atom is 0.418 e. The lowest BCUT2D eigenvalue weighted by molar-refractivity contribution is -0.158. The third-order valence-corrected chi connectivity index (χ3v) is 6.23. The van der Waals surface area contributed by atoms with Crippen molar-refractivity contribution in [2.75, 3.05) is 13.2 Å². The van der Waals surface area contributed by atoms with Gasteiger partial charge in [0.05, 0.1) is 24.6 Å². The predicted octanol–water partition coefficient (Wildman–Crippen LogP) is 7.24. The van der Waals surface area contributed by atoms with E-state index in [2.05, 4.69) is 4.98 Å². The van der Waals surface area contributed by atoms with E-state index >= 15 is 0 Å². The Hall–Kier alpha value is -4.53. The molecule has 0 radical (unpaired) electrons. The van der Waals surface area contributed by atoms with Crippen LogP contribution in [0.15, 0.2) is 71.3 Å². The number of carbonyl (C=O) groups is 2. The van der Waals surface area contributed by atoms with Crippen molar-refractivity contribution in [3.63, 3.8) is 0 Å². The smallest absolute Gasteiger partial charge is 0.418 e. The number of esters is 1. The Kier molecular flexibility index (Phi) is 9.09. The molecule has 0 saturated carbocycles. The molecule has 0 atom stereocenters. The molecule has 0 saturated heterocycles. The fraction of sp³-hybridized carbons (Fsp3) is 0.364. The summed E-state index contributed by atoms with van der Waals surface area (Å²) in [6.45, 7) is 13.2. The highest BCUT2D eigenvalue weighted by Gasteiger charge is 2.31. The largest absolute Gasteiger partial charge is 0.493 e. The second-order valence-corrected chi connectivity index (χ2v) is 11.2. The third-order valence-electron chi connectivity index (χ3n) is 6.23. The molecule has 0 aliphatic carbocycles. The number of aryl methyl sites for hydroxylation is 1. The van der Waals surface area contributed by atoms with Gasteiger partial charge in [0.15, 0.2) is 5.60 Å². The van der Waals surface area contributed by atoms with Crippen LogP contribution in [0.3, 0.4) is 0 Å². The van der Waals surface area contributed by atoms with Crippen molar-refractivity contribution in [3.05, 3.63) is 78.3 Å². The molecule has 0 amide bonds. The van der Waals surface area contributed by atoms with Crippen LogP contribution in [-0.4, -0.2) is 46.0 Å². The van der Waals surface area contributed by atoms with Gasteiger partial charge in [-0.3, -0.25) is 4.57 Å². The van der Waals surface area contributed by atoms with Crippen LogP contribution in [0.5, 0.6) is 11.5 Å². The van der Waals surface area contributed by atoms with Crippen LogP contribution in [0.2, 0.25) is 0 Å². The van der Waals surface area contributed by atoms with Gasteiger partial charge in [-0.2, -0.15) is 0 Å². The predicted molar refractivity (Wildman–Crippen MR) is 159 cm³/mol. The monoisotopic (exact) mass is 574 g/mol. The van der Waals surface area contributed by atoms with Crippen LogP contribution in [-0.2, 0) is 20.7 Å². The molecule has 0 spiro atoms. The Labute approximate surface area is 246 Å². The molecule has 9 nitrogen and oxygen atoms in total. The first kappa shape index (κ1) is 30.4. The Balaban J connectivity index is 1.35. The highest BCUT2D eigenvalue weighted by molar-refractivity contribution is 5.79. The SMILES string of the molecule is CCOC(=O)C(C)(C)Oc1ccc(OCCc2nc(-c3ccc(-c4cccn4C(=O)OC(C)(C)C)cc3)oc2C)cc1. The van der Waals surface area contributed by atoms with Crippen molar-refractivity contribution in [3.8, 4) is 34.2 Å². The van der Waals surface area contributed by atoms with Crippen molar-refractivity contribution < 1.29 is 33.0 Å². The summed E-state index contributed by atoms with van der Waals surface area (Å²) in [6.07, 6.45) is 1.83. The van der Waals surface area contributed by atoms with Crippen LogP contribution >= 0.6 is 0 Å². The maximum absolute atomic E-state index is 12.6. The number of hydrogen-bond donors (Lipinski definition) is 0. The Bertz CT molecular complexity index is 1510. The molecular weight excluding hydrogens is 536 g/mol. The summed E-state index contributed by atoms with van der Waals surface area (Å²) >= 11 is 0. The van der Waals surface area contributed by atoms with Crippen molar-refractivity contribution in [2.24, 2.45) is 0 Å². The number of benzene rings is 2. The second-order valence-electron chi connectivity index (χ2n) is 11.2. The number of oxazole rings is 1. The van der Waals surface area contributed by atoms with Gasteiger partial charge in [0.2, 0.25) is 5.89 Å². The lowest BCUT2D eigenvalue weighted by atomic mass is 10.1. The molecule has 0 fully saturated rings. The summed E-state index contributed by atoms with van der Waals surface area (Å²) in [5.41, 5.74) is 1.56. The summed E-state index contributed by atoms with van der Waals surface area (Å²) in [5, 5.41) is 0. The third kappa shape index (κ3) is 7.60. The van der Waals surface area contributed by atoms with Gasteiger partial charge in [-0.25, -0.2) is 14.6 Å². The van der Waals surface area contributed by atoms with E-state index in [0.717, 1.165) is 28.3 Å². The average molecular weight is 575 g/mol. The quantitative estimate of drug-likeness (QED) is 0.183. The molecule has 0 bridgehead atoms. The van der Waals surface area contributed by atoms with Crippen molar-refractivity contribution in [2.45, 2.75) is 66.1 Å². The zero-order valence-corrected chi connectivity index (χ0v) is 25.2. The van der Waals surface area contributed by atoms with E-state index in [1.807, 2.05) is 64.1 Å². The number of nitrogens with zero attached hydrogens (tertiary/aromatic N) is 2. The van der Waals surface area contributed by atoms with E-state index < -0.39 is 23.3 Å². The number of carbonyl (C=O) groups excluding carboxylic acids is 2. The van der Waals surface area contributed by atoms with Crippen molar-refractivity contribution in [1.82, 2.24) is 9.55 Å². The van der Waals surface area contributed by atoms with Crippen LogP contribution in [0.4, 0.5) is 4.79 Å². The first-order chi connectivity index (χ1) is 19.9. The van der Waals surface area contributed by atoms with Crippen molar-refractivity contribution in [1.29, 1.82) is 0 Å². The van der Waals surface area contributed by atoms with Gasteiger partial charge < -0.3 is 23.4 Å². The topological polar surface area (TPSA) is 102 Å². The number of hydrogen-bond acceptors (Lipinski definition) is 8. The normalized spacial score (nSPS) is 11.7. The van der Waals surface area contributed by atoms with Gasteiger partial charge in [0.25, 0.3) is 0 Å². The molecule has 9 heteroatoms. The van der Waals surface area contributed by atoms with E-state index in [1.165, 1.54) is 4.57 Å². The van der Waals surface area contributed by atoms with Crippen LogP contribution < -0.4 is 9.47 Å². The van der Waals surface area contributed by atoms with Gasteiger partial charge >= 0.3 is 12.1 Å². The minimum Gasteiger partial charge on any atom is -0.493 e. The van der Waals surface area contributed by atoms with Crippen molar-refractivity contribution >= 4 is 12.1 Å². The number of ether oxygens (including phenoxy) is 4. The van der Waals surface area contributed by atoms with Crippen LogP contribution in [0.25, 0.3) is 22.7 Å². The Morgan fingerprint density at radius 3 is 2.19 bits per heavy atom. The first-order valence-corrected chi connectivity index (χ1v) is 13.9. The molecule has 4 rings (SSSR count). The zero-order chi connectivity index (χ0) is 30.5. The molecule has 4 aromatic rings. The summed E-state index contributed by atoms with van der Waals surface area (Å²) in [7, 11) is 0. The molecule has 0 aliphatic heterocycles. The highest BCUT2D eigenvalue weighted by atomic mass is 16.6. The van der Waals surface area contributed by atoms with E-state index in [-0.39, 0.29) is 0 Å². The standard InChI is InChI=1S/C33H38N2O7/c1-8-38-30(36)33(6,7)41-26-17-15-25(16-18-26)39-21-19-27-22(2)40-29(34-27)24-13-11-23(12-14-24)28-10-9-20-35(28)31(37)42-32(3,4)5/h9-18,20H,8,19,21H2,1-7H3. The molecule has 2 aromatic carbocycles. The fourth-order valence-electron chi connectivity index (χ4n) is 4.16. The molecule has 2 aromatic heterocycles. The summed E-state index contributed by atoms with van der Waals surface area (Å²) < 4.78 is 29.7. The number of rotatable bonds is 10. The first-order valence-electron chi connectivity index (χ1n) is 13.9. The summed E-state index contributed by atoms with van der Waals surface area (Å²) in [4.78, 5) is 29.4. The zero-order valence-electron chi connectivity index (χ0n) is 25.2. The van der Waals surface area contributed by atoms with E-state index in [1.54, 1.807) is 51.2 Å². The Morgan fingerprint density at radius 2 is 1.55 bits per heavy atom.